The summed E-state index contributed by atoms with van der Waals surface area (Å²) in [6.45, 7) is 2.53. The molecule has 2 atom stereocenters. The smallest absolute Gasteiger partial charge is 0.134 e. The molecule has 25 heavy (non-hydrogen) atoms. The molecule has 3 heteroatoms. The van der Waals surface area contributed by atoms with Gasteiger partial charge in [0.25, 0.3) is 0 Å². The Morgan fingerprint density at radius 1 is 0.960 bits per heavy atom. The summed E-state index contributed by atoms with van der Waals surface area (Å²) in [5.41, 5.74) is 3.64. The molecule has 126 valence electrons. The van der Waals surface area contributed by atoms with Crippen LogP contribution in [0.1, 0.15) is 17.7 Å². The topological polar surface area (TPSA) is 25.6 Å². The third-order valence-corrected chi connectivity index (χ3v) is 5.29. The molecule has 0 saturated carbocycles. The highest BCUT2D eigenvalue weighted by atomic mass is 16.5. The minimum atomic E-state index is 0.316. The fourth-order valence-electron chi connectivity index (χ4n) is 4.02. The van der Waals surface area contributed by atoms with Crippen molar-refractivity contribution in [3.8, 4) is 0 Å². The molecule has 3 heterocycles. The van der Waals surface area contributed by atoms with Crippen LogP contribution in [0.3, 0.4) is 0 Å². The number of hydrogen-bond donors (Lipinski definition) is 0. The lowest BCUT2D eigenvalue weighted by Crippen LogP contribution is -2.53. The van der Waals surface area contributed by atoms with Gasteiger partial charge in [0.1, 0.15) is 11.3 Å². The number of fused-ring (bicyclic) bond motifs is 3. The van der Waals surface area contributed by atoms with Gasteiger partial charge in [-0.05, 0) is 29.7 Å². The van der Waals surface area contributed by atoms with E-state index in [0.717, 1.165) is 37.5 Å². The number of benzene rings is 2. The highest BCUT2D eigenvalue weighted by Gasteiger charge is 2.35. The van der Waals surface area contributed by atoms with Gasteiger partial charge in [0.05, 0.1) is 19.3 Å². The van der Waals surface area contributed by atoms with Crippen molar-refractivity contribution >= 4 is 16.5 Å². The third kappa shape index (κ3) is 2.80. The van der Waals surface area contributed by atoms with Crippen molar-refractivity contribution in [2.75, 3.05) is 13.2 Å². The molecule has 1 saturated heterocycles. The van der Waals surface area contributed by atoms with Crippen molar-refractivity contribution in [2.24, 2.45) is 0 Å². The predicted molar refractivity (Wildman–Crippen MR) is 99.2 cm³/mol. The fraction of sp³-hybridized carbons (Fsp3) is 0.273. The van der Waals surface area contributed by atoms with Crippen LogP contribution in [0.2, 0.25) is 0 Å². The Hall–Kier alpha value is -2.36. The Balaban J connectivity index is 1.46. The molecule has 0 radical (unpaired) electrons. The van der Waals surface area contributed by atoms with E-state index in [9.17, 15) is 0 Å². The zero-order chi connectivity index (χ0) is 16.6. The second-order valence-electron chi connectivity index (χ2n) is 6.96. The van der Waals surface area contributed by atoms with Crippen LogP contribution in [-0.2, 0) is 11.3 Å². The lowest BCUT2D eigenvalue weighted by atomic mass is 9.92. The summed E-state index contributed by atoms with van der Waals surface area (Å²) < 4.78 is 11.9. The quantitative estimate of drug-likeness (QED) is 0.707. The van der Waals surface area contributed by atoms with Gasteiger partial charge in [-0.25, -0.2) is 0 Å². The van der Waals surface area contributed by atoms with Crippen molar-refractivity contribution in [3.05, 3.63) is 78.1 Å². The molecule has 0 N–H and O–H groups in total. The number of morpholine rings is 1. The van der Waals surface area contributed by atoms with Crippen molar-refractivity contribution in [1.29, 1.82) is 0 Å². The summed E-state index contributed by atoms with van der Waals surface area (Å²) in [5, 5.41) is 1.17. The second-order valence-corrected chi connectivity index (χ2v) is 6.96. The number of ether oxygens (including phenoxy) is 1. The van der Waals surface area contributed by atoms with Gasteiger partial charge in [-0.2, -0.15) is 0 Å². The first-order valence-electron chi connectivity index (χ1n) is 8.94. The van der Waals surface area contributed by atoms with Crippen molar-refractivity contribution in [2.45, 2.75) is 25.0 Å². The molecule has 0 amide bonds. The molecule has 2 bridgehead atoms. The van der Waals surface area contributed by atoms with Gasteiger partial charge in [0.15, 0.2) is 0 Å². The Labute approximate surface area is 147 Å². The predicted octanol–water partition coefficient (Wildman–Crippen LogP) is 4.49. The van der Waals surface area contributed by atoms with E-state index < -0.39 is 0 Å². The van der Waals surface area contributed by atoms with E-state index in [1.165, 1.54) is 16.5 Å². The molecule has 5 rings (SSSR count). The molecule has 2 unspecified atom stereocenters. The molecule has 2 aromatic carbocycles. The first-order valence-corrected chi connectivity index (χ1v) is 8.94. The summed E-state index contributed by atoms with van der Waals surface area (Å²) in [7, 11) is 0. The highest BCUT2D eigenvalue weighted by Crippen LogP contribution is 2.35. The van der Waals surface area contributed by atoms with E-state index >= 15 is 0 Å². The van der Waals surface area contributed by atoms with Crippen molar-refractivity contribution in [1.82, 2.24) is 4.90 Å². The highest BCUT2D eigenvalue weighted by molar-refractivity contribution is 5.82. The molecule has 2 aliphatic heterocycles. The van der Waals surface area contributed by atoms with Crippen LogP contribution >= 0.6 is 0 Å². The van der Waals surface area contributed by atoms with E-state index in [0.29, 0.717) is 12.1 Å². The lowest BCUT2D eigenvalue weighted by molar-refractivity contribution is -0.0404. The van der Waals surface area contributed by atoms with E-state index in [-0.39, 0.29) is 0 Å². The summed E-state index contributed by atoms with van der Waals surface area (Å²) in [6.07, 6.45) is 3.32. The van der Waals surface area contributed by atoms with Gasteiger partial charge >= 0.3 is 0 Å². The molecule has 1 aromatic heterocycles. The average molecular weight is 331 g/mol. The molecule has 2 aliphatic rings. The van der Waals surface area contributed by atoms with Gasteiger partial charge in [-0.15, -0.1) is 0 Å². The van der Waals surface area contributed by atoms with Gasteiger partial charge in [-0.3, -0.25) is 4.90 Å². The van der Waals surface area contributed by atoms with Crippen LogP contribution < -0.4 is 0 Å². The summed E-state index contributed by atoms with van der Waals surface area (Å²) in [6, 6.07) is 21.8. The van der Waals surface area contributed by atoms with Crippen LogP contribution in [0.5, 0.6) is 0 Å². The minimum Gasteiger partial charge on any atom is -0.456 e. The van der Waals surface area contributed by atoms with Crippen LogP contribution in [-0.4, -0.2) is 30.2 Å². The van der Waals surface area contributed by atoms with Gasteiger partial charge < -0.3 is 9.15 Å². The number of nitrogens with zero attached hydrogens (tertiary/aromatic N) is 1. The standard InChI is InChI=1S/C22H21NO2/c1-2-6-16(7-3-1)13-23-19-10-18(11-20(23)15-24-14-19)22-12-17-8-4-5-9-21(17)25-22/h1-10,12,19-20H,11,13-15H2. The number of rotatable bonds is 3. The van der Waals surface area contributed by atoms with Crippen LogP contribution in [0.4, 0.5) is 0 Å². The maximum absolute atomic E-state index is 6.10. The minimum absolute atomic E-state index is 0.316. The van der Waals surface area contributed by atoms with E-state index in [4.69, 9.17) is 9.15 Å². The van der Waals surface area contributed by atoms with Gasteiger partial charge in [0, 0.05) is 18.0 Å². The molecule has 1 fully saturated rings. The number of furan rings is 1. The van der Waals surface area contributed by atoms with Crippen molar-refractivity contribution < 1.29 is 9.15 Å². The van der Waals surface area contributed by atoms with Crippen LogP contribution in [0.15, 0.2) is 71.2 Å². The Bertz CT molecular complexity index is 879. The Morgan fingerprint density at radius 3 is 2.64 bits per heavy atom. The van der Waals surface area contributed by atoms with Crippen LogP contribution in [0.25, 0.3) is 16.5 Å². The zero-order valence-corrected chi connectivity index (χ0v) is 14.1. The first-order chi connectivity index (χ1) is 12.4. The maximum Gasteiger partial charge on any atom is 0.134 e. The summed E-state index contributed by atoms with van der Waals surface area (Å²) in [5.74, 6) is 1.01. The first kappa shape index (κ1) is 14.9. The molecule has 3 nitrogen and oxygen atoms in total. The van der Waals surface area contributed by atoms with Gasteiger partial charge in [-0.1, -0.05) is 54.6 Å². The molecule has 0 aliphatic carbocycles. The Morgan fingerprint density at radius 2 is 1.80 bits per heavy atom. The summed E-state index contributed by atoms with van der Waals surface area (Å²) >= 11 is 0. The second kappa shape index (κ2) is 6.17. The molecular weight excluding hydrogens is 310 g/mol. The lowest BCUT2D eigenvalue weighted by Gasteiger charge is -2.44. The zero-order valence-electron chi connectivity index (χ0n) is 14.1. The maximum atomic E-state index is 6.10. The SMILES string of the molecule is C1=C(c2cc3ccccc3o2)CC2COCC1N2Cc1ccccc1. The summed E-state index contributed by atoms with van der Waals surface area (Å²) in [4.78, 5) is 2.57. The molecule has 0 spiro atoms. The monoisotopic (exact) mass is 331 g/mol. The Kier molecular flexibility index (Phi) is 3.69. The molecule has 3 aromatic rings. The average Bonchev–Trinajstić information content (AvgIpc) is 3.06. The van der Waals surface area contributed by atoms with Crippen LogP contribution in [0, 0.1) is 0 Å². The largest absolute Gasteiger partial charge is 0.456 e. The van der Waals surface area contributed by atoms with E-state index in [2.05, 4.69) is 59.5 Å². The van der Waals surface area contributed by atoms with Gasteiger partial charge in [0.2, 0.25) is 0 Å². The number of para-hydroxylation sites is 1. The fourth-order valence-corrected chi connectivity index (χ4v) is 4.02. The number of hydrogen-bond acceptors (Lipinski definition) is 3. The van der Waals surface area contributed by atoms with E-state index in [1.54, 1.807) is 0 Å². The molecular formula is C22H21NO2. The van der Waals surface area contributed by atoms with E-state index in [1.807, 2.05) is 12.1 Å². The normalized spacial score (nSPS) is 23.6. The third-order valence-electron chi connectivity index (χ3n) is 5.29. The van der Waals surface area contributed by atoms with Crippen molar-refractivity contribution in [3.63, 3.8) is 0 Å².